The Morgan fingerprint density at radius 3 is 2.68 bits per heavy atom. The first-order valence-corrected chi connectivity index (χ1v) is 7.20. The quantitative estimate of drug-likeness (QED) is 0.831. The predicted octanol–water partition coefficient (Wildman–Crippen LogP) is 4.48. The van der Waals surface area contributed by atoms with Crippen LogP contribution in [0.1, 0.15) is 29.7 Å². The van der Waals surface area contributed by atoms with Gasteiger partial charge in [-0.1, -0.05) is 29.8 Å². The van der Waals surface area contributed by atoms with Crippen LogP contribution in [0.5, 0.6) is 0 Å². The van der Waals surface area contributed by atoms with Crippen molar-refractivity contribution in [3.8, 4) is 0 Å². The lowest BCUT2D eigenvalue weighted by Gasteiger charge is -2.12. The highest BCUT2D eigenvalue weighted by Crippen LogP contribution is 2.30. The average Bonchev–Trinajstić information content (AvgIpc) is 2.37. The van der Waals surface area contributed by atoms with Gasteiger partial charge in [0.1, 0.15) is 5.82 Å². The van der Waals surface area contributed by atoms with E-state index in [1.54, 1.807) is 24.8 Å². The highest BCUT2D eigenvalue weighted by atomic mass is 32.2. The van der Waals surface area contributed by atoms with Crippen LogP contribution >= 0.6 is 11.8 Å². The maximum Gasteiger partial charge on any atom is 0.123 e. The van der Waals surface area contributed by atoms with Crippen molar-refractivity contribution in [2.45, 2.75) is 30.6 Å². The number of aliphatic hydroxyl groups excluding tert-OH is 1. The third-order valence-electron chi connectivity index (χ3n) is 2.90. The first kappa shape index (κ1) is 14.1. The number of aryl methyl sites for hydroxylation is 1. The SMILES string of the molecule is Cc1cccc(CSc2ccc(F)cc2[C@H](C)O)c1. The molecule has 0 heterocycles. The average molecular weight is 276 g/mol. The van der Waals surface area contributed by atoms with E-state index in [0.717, 1.165) is 10.6 Å². The number of thioether (sulfide) groups is 1. The van der Waals surface area contributed by atoms with Crippen LogP contribution in [0, 0.1) is 12.7 Å². The lowest BCUT2D eigenvalue weighted by molar-refractivity contribution is 0.196. The summed E-state index contributed by atoms with van der Waals surface area (Å²) < 4.78 is 13.2. The van der Waals surface area contributed by atoms with E-state index in [-0.39, 0.29) is 5.82 Å². The Balaban J connectivity index is 2.15. The van der Waals surface area contributed by atoms with Crippen molar-refractivity contribution in [2.75, 3.05) is 0 Å². The zero-order chi connectivity index (χ0) is 13.8. The Hall–Kier alpha value is -1.32. The van der Waals surface area contributed by atoms with Crippen molar-refractivity contribution in [3.05, 3.63) is 65.0 Å². The van der Waals surface area contributed by atoms with Crippen LogP contribution in [0.4, 0.5) is 4.39 Å². The molecule has 0 saturated heterocycles. The molecule has 0 aliphatic rings. The van der Waals surface area contributed by atoms with E-state index in [4.69, 9.17) is 0 Å². The Kier molecular flexibility index (Phi) is 4.61. The molecule has 1 atom stereocenters. The van der Waals surface area contributed by atoms with Crippen LogP contribution < -0.4 is 0 Å². The second kappa shape index (κ2) is 6.22. The fourth-order valence-corrected chi connectivity index (χ4v) is 3.00. The number of hydrogen-bond acceptors (Lipinski definition) is 2. The first-order valence-electron chi connectivity index (χ1n) is 6.22. The van der Waals surface area contributed by atoms with Crippen LogP contribution in [0.15, 0.2) is 47.4 Å². The molecule has 0 aliphatic carbocycles. The molecular formula is C16H17FOS. The summed E-state index contributed by atoms with van der Waals surface area (Å²) in [6.45, 7) is 3.72. The molecule has 2 rings (SSSR count). The van der Waals surface area contributed by atoms with Crippen LogP contribution in [-0.2, 0) is 5.75 Å². The molecule has 3 heteroatoms. The third kappa shape index (κ3) is 3.82. The minimum Gasteiger partial charge on any atom is -0.389 e. The van der Waals surface area contributed by atoms with Crippen molar-refractivity contribution >= 4 is 11.8 Å². The molecule has 0 radical (unpaired) electrons. The summed E-state index contributed by atoms with van der Waals surface area (Å²) >= 11 is 1.62. The number of benzene rings is 2. The largest absolute Gasteiger partial charge is 0.389 e. The lowest BCUT2D eigenvalue weighted by atomic mass is 10.1. The lowest BCUT2D eigenvalue weighted by Crippen LogP contribution is -1.95. The summed E-state index contributed by atoms with van der Waals surface area (Å²) in [4.78, 5) is 0.929. The smallest absolute Gasteiger partial charge is 0.123 e. The third-order valence-corrected chi connectivity index (χ3v) is 4.06. The number of halogens is 1. The van der Waals surface area contributed by atoms with E-state index in [1.807, 2.05) is 6.07 Å². The molecular weight excluding hydrogens is 259 g/mol. The topological polar surface area (TPSA) is 20.2 Å². The fourth-order valence-electron chi connectivity index (χ4n) is 1.94. The monoisotopic (exact) mass is 276 g/mol. The van der Waals surface area contributed by atoms with E-state index < -0.39 is 6.10 Å². The van der Waals surface area contributed by atoms with Crippen LogP contribution in [-0.4, -0.2) is 5.11 Å². The summed E-state index contributed by atoms with van der Waals surface area (Å²) in [5, 5.41) is 9.69. The highest BCUT2D eigenvalue weighted by molar-refractivity contribution is 7.98. The normalized spacial score (nSPS) is 12.4. The van der Waals surface area contributed by atoms with E-state index in [9.17, 15) is 9.50 Å². The van der Waals surface area contributed by atoms with Gasteiger partial charge in [0.15, 0.2) is 0 Å². The van der Waals surface area contributed by atoms with Gasteiger partial charge in [-0.05, 0) is 43.2 Å². The van der Waals surface area contributed by atoms with Gasteiger partial charge in [-0.25, -0.2) is 4.39 Å². The Morgan fingerprint density at radius 2 is 2.00 bits per heavy atom. The van der Waals surface area contributed by atoms with Gasteiger partial charge in [0.25, 0.3) is 0 Å². The summed E-state index contributed by atoms with van der Waals surface area (Å²) in [6, 6.07) is 12.9. The molecule has 0 spiro atoms. The summed E-state index contributed by atoms with van der Waals surface area (Å²) in [5.41, 5.74) is 3.11. The van der Waals surface area contributed by atoms with Gasteiger partial charge in [0.2, 0.25) is 0 Å². The molecule has 0 amide bonds. The van der Waals surface area contributed by atoms with E-state index in [2.05, 4.69) is 25.1 Å². The van der Waals surface area contributed by atoms with Crippen molar-refractivity contribution < 1.29 is 9.50 Å². The minimum atomic E-state index is -0.657. The van der Waals surface area contributed by atoms with E-state index in [1.165, 1.54) is 23.3 Å². The first-order chi connectivity index (χ1) is 9.06. The molecule has 0 unspecified atom stereocenters. The molecule has 0 aromatic heterocycles. The molecule has 0 aliphatic heterocycles. The van der Waals surface area contributed by atoms with Crippen molar-refractivity contribution in [2.24, 2.45) is 0 Å². The summed E-state index contributed by atoms with van der Waals surface area (Å²) in [7, 11) is 0. The van der Waals surface area contributed by atoms with E-state index >= 15 is 0 Å². The molecule has 2 aromatic rings. The van der Waals surface area contributed by atoms with Crippen LogP contribution in [0.25, 0.3) is 0 Å². The second-order valence-corrected chi connectivity index (χ2v) is 5.65. The van der Waals surface area contributed by atoms with Crippen LogP contribution in [0.2, 0.25) is 0 Å². The molecule has 0 fully saturated rings. The van der Waals surface area contributed by atoms with Crippen LogP contribution in [0.3, 0.4) is 0 Å². The fraction of sp³-hybridized carbons (Fsp3) is 0.250. The summed E-state index contributed by atoms with van der Waals surface area (Å²) in [5.74, 6) is 0.503. The van der Waals surface area contributed by atoms with Gasteiger partial charge in [-0.2, -0.15) is 0 Å². The predicted molar refractivity (Wildman–Crippen MR) is 77.8 cm³/mol. The molecule has 0 bridgehead atoms. The Bertz CT molecular complexity index is 566. The van der Waals surface area contributed by atoms with Gasteiger partial charge in [0, 0.05) is 10.6 Å². The minimum absolute atomic E-state index is 0.309. The zero-order valence-electron chi connectivity index (χ0n) is 11.1. The zero-order valence-corrected chi connectivity index (χ0v) is 11.9. The molecule has 2 aromatic carbocycles. The van der Waals surface area contributed by atoms with Crippen molar-refractivity contribution in [3.63, 3.8) is 0 Å². The van der Waals surface area contributed by atoms with Gasteiger partial charge in [-0.3, -0.25) is 0 Å². The van der Waals surface area contributed by atoms with Crippen molar-refractivity contribution in [1.29, 1.82) is 0 Å². The maximum absolute atomic E-state index is 13.2. The summed E-state index contributed by atoms with van der Waals surface area (Å²) in [6.07, 6.45) is -0.657. The molecule has 1 N–H and O–H groups in total. The Morgan fingerprint density at radius 1 is 1.21 bits per heavy atom. The highest BCUT2D eigenvalue weighted by Gasteiger charge is 2.10. The molecule has 100 valence electrons. The molecule has 19 heavy (non-hydrogen) atoms. The molecule has 1 nitrogen and oxygen atoms in total. The van der Waals surface area contributed by atoms with Gasteiger partial charge >= 0.3 is 0 Å². The number of rotatable bonds is 4. The van der Waals surface area contributed by atoms with Gasteiger partial charge in [-0.15, -0.1) is 11.8 Å². The standard InChI is InChI=1S/C16H17FOS/c1-11-4-3-5-13(8-11)10-19-16-7-6-14(17)9-15(16)12(2)18/h3-9,12,18H,10H2,1-2H3/t12-/m0/s1. The van der Waals surface area contributed by atoms with Crippen molar-refractivity contribution in [1.82, 2.24) is 0 Å². The molecule has 0 saturated carbocycles. The number of aliphatic hydroxyl groups is 1. The maximum atomic E-state index is 13.2. The van der Waals surface area contributed by atoms with Gasteiger partial charge in [0.05, 0.1) is 6.10 Å². The van der Waals surface area contributed by atoms with E-state index in [0.29, 0.717) is 5.56 Å². The van der Waals surface area contributed by atoms with Gasteiger partial charge < -0.3 is 5.11 Å². The second-order valence-electron chi connectivity index (χ2n) is 4.64. The number of hydrogen-bond donors (Lipinski definition) is 1. The Labute approximate surface area is 117 Å².